The number of piperidine rings is 1. The van der Waals surface area contributed by atoms with Crippen LogP contribution >= 0.6 is 0 Å². The number of imidazole rings is 1. The van der Waals surface area contributed by atoms with Crippen LogP contribution in [0.3, 0.4) is 0 Å². The number of hydrogen-bond donors (Lipinski definition) is 1. The summed E-state index contributed by atoms with van der Waals surface area (Å²) in [6.07, 6.45) is 0.856. The maximum Gasteiger partial charge on any atom is 0.409 e. The number of carbonyl (C=O) groups is 2. The summed E-state index contributed by atoms with van der Waals surface area (Å²) >= 11 is 0. The minimum absolute atomic E-state index is 0.00130. The molecule has 47 heavy (non-hydrogen) atoms. The highest BCUT2D eigenvalue weighted by Gasteiger charge is 2.29. The molecule has 0 aliphatic carbocycles. The van der Waals surface area contributed by atoms with E-state index in [0.717, 1.165) is 24.1 Å². The predicted molar refractivity (Wildman–Crippen MR) is 183 cm³/mol. The van der Waals surface area contributed by atoms with Crippen molar-refractivity contribution in [1.82, 2.24) is 24.3 Å². The number of benzene rings is 3. The highest BCUT2D eigenvalue weighted by molar-refractivity contribution is 5.76. The number of ether oxygens (including phenoxy) is 2. The fourth-order valence-electron chi connectivity index (χ4n) is 6.25. The maximum atomic E-state index is 13.9. The van der Waals surface area contributed by atoms with Crippen molar-refractivity contribution in [2.45, 2.75) is 84.1 Å². The summed E-state index contributed by atoms with van der Waals surface area (Å²) in [4.78, 5) is 42.5. The number of fused-ring (bicyclic) bond motifs is 1. The summed E-state index contributed by atoms with van der Waals surface area (Å²) in [7, 11) is 0. The van der Waals surface area contributed by atoms with Crippen LogP contribution < -0.4 is 11.0 Å². The van der Waals surface area contributed by atoms with Crippen molar-refractivity contribution in [2.75, 3.05) is 19.7 Å². The van der Waals surface area contributed by atoms with Gasteiger partial charge in [-0.2, -0.15) is 0 Å². The second kappa shape index (κ2) is 15.5. The fourth-order valence-corrected chi connectivity index (χ4v) is 6.25. The van der Waals surface area contributed by atoms with E-state index in [1.807, 2.05) is 86.0 Å². The molecule has 2 heterocycles. The third kappa shape index (κ3) is 8.90. The Balaban J connectivity index is 1.22. The third-order valence-electron chi connectivity index (χ3n) is 8.58. The zero-order valence-corrected chi connectivity index (χ0v) is 27.9. The molecule has 1 saturated heterocycles. The monoisotopic (exact) mass is 641 g/mol. The molecule has 2 atom stereocenters. The minimum Gasteiger partial charge on any atom is -0.448 e. The molecular formula is C37H47N5O5. The van der Waals surface area contributed by atoms with Crippen molar-refractivity contribution in [3.8, 4) is 0 Å². The molecule has 4 aromatic rings. The van der Waals surface area contributed by atoms with Gasteiger partial charge in [0.25, 0.3) is 0 Å². The van der Waals surface area contributed by atoms with Crippen molar-refractivity contribution in [3.05, 3.63) is 107 Å². The average Bonchev–Trinajstić information content (AvgIpc) is 3.34. The number of amides is 2. The van der Waals surface area contributed by atoms with Crippen LogP contribution in [0.15, 0.2) is 89.7 Å². The van der Waals surface area contributed by atoms with Gasteiger partial charge in [0.1, 0.15) is 12.8 Å². The lowest BCUT2D eigenvalue weighted by atomic mass is 10.0. The van der Waals surface area contributed by atoms with Crippen molar-refractivity contribution in [2.24, 2.45) is 0 Å². The van der Waals surface area contributed by atoms with Crippen LogP contribution in [-0.2, 0) is 33.9 Å². The average molecular weight is 642 g/mol. The number of nitrogens with one attached hydrogen (secondary N) is 1. The molecule has 250 valence electrons. The first-order valence-electron chi connectivity index (χ1n) is 16.4. The molecular weight excluding hydrogens is 594 g/mol. The van der Waals surface area contributed by atoms with Gasteiger partial charge in [0.2, 0.25) is 6.41 Å². The first-order chi connectivity index (χ1) is 22.6. The third-order valence-corrected chi connectivity index (χ3v) is 8.58. The number of para-hydroxylation sites is 2. The number of rotatable bonds is 13. The molecule has 0 saturated carbocycles. The molecule has 10 heteroatoms. The molecule has 3 aromatic carbocycles. The molecule has 0 radical (unpaired) electrons. The zero-order chi connectivity index (χ0) is 33.4. The Labute approximate surface area is 276 Å². The second-order valence-electron chi connectivity index (χ2n) is 13.3. The summed E-state index contributed by atoms with van der Waals surface area (Å²) in [6.45, 7) is 10.7. The van der Waals surface area contributed by atoms with Gasteiger partial charge in [-0.05, 0) is 63.8 Å². The highest BCUT2D eigenvalue weighted by atomic mass is 16.6. The lowest BCUT2D eigenvalue weighted by Gasteiger charge is -2.33. The van der Waals surface area contributed by atoms with E-state index in [9.17, 15) is 14.4 Å². The van der Waals surface area contributed by atoms with Gasteiger partial charge in [-0.1, -0.05) is 72.8 Å². The van der Waals surface area contributed by atoms with Gasteiger partial charge in [0.15, 0.2) is 0 Å². The molecule has 1 aromatic heterocycles. The molecule has 10 nitrogen and oxygen atoms in total. The van der Waals surface area contributed by atoms with Crippen molar-refractivity contribution < 1.29 is 19.1 Å². The van der Waals surface area contributed by atoms with Crippen molar-refractivity contribution in [3.63, 3.8) is 0 Å². The van der Waals surface area contributed by atoms with Crippen LogP contribution in [0.4, 0.5) is 4.79 Å². The molecule has 1 aliphatic rings. The molecule has 0 spiro atoms. The Morgan fingerprint density at radius 3 is 2.02 bits per heavy atom. The first-order valence-corrected chi connectivity index (χ1v) is 16.4. The predicted octanol–water partition coefficient (Wildman–Crippen LogP) is 5.55. The molecule has 1 N–H and O–H groups in total. The Hall–Kier alpha value is -4.41. The van der Waals surface area contributed by atoms with Gasteiger partial charge in [-0.25, -0.2) is 9.59 Å². The zero-order valence-electron chi connectivity index (χ0n) is 27.9. The summed E-state index contributed by atoms with van der Waals surface area (Å²) < 4.78 is 15.4. The number of carbonyl (C=O) groups excluding carboxylic acids is 2. The van der Waals surface area contributed by atoms with E-state index in [2.05, 4.69) is 41.4 Å². The molecule has 2 amide bonds. The van der Waals surface area contributed by atoms with E-state index in [1.165, 1.54) is 11.1 Å². The lowest BCUT2D eigenvalue weighted by molar-refractivity contribution is -0.121. The Morgan fingerprint density at radius 1 is 0.915 bits per heavy atom. The number of nitrogens with zero attached hydrogens (tertiary/aromatic N) is 4. The van der Waals surface area contributed by atoms with Crippen LogP contribution in [0.5, 0.6) is 0 Å². The summed E-state index contributed by atoms with van der Waals surface area (Å²) in [5.74, 6) is 0. The summed E-state index contributed by atoms with van der Waals surface area (Å²) in [5, 5.41) is 2.70. The smallest absolute Gasteiger partial charge is 0.409 e. The van der Waals surface area contributed by atoms with Gasteiger partial charge in [0.05, 0.1) is 23.2 Å². The van der Waals surface area contributed by atoms with Gasteiger partial charge < -0.3 is 19.7 Å². The number of aromatic nitrogens is 2. The summed E-state index contributed by atoms with van der Waals surface area (Å²) in [6, 6.07) is 28.2. The second-order valence-corrected chi connectivity index (χ2v) is 13.3. The lowest BCUT2D eigenvalue weighted by Crippen LogP contribution is -2.44. The van der Waals surface area contributed by atoms with Crippen LogP contribution in [0.2, 0.25) is 0 Å². The number of likely N-dealkylation sites (tertiary alicyclic amines) is 1. The molecule has 2 unspecified atom stereocenters. The van der Waals surface area contributed by atoms with Crippen molar-refractivity contribution in [1.29, 1.82) is 0 Å². The van der Waals surface area contributed by atoms with E-state index in [-0.39, 0.29) is 37.0 Å². The Bertz CT molecular complexity index is 1610. The van der Waals surface area contributed by atoms with Crippen LogP contribution in [0, 0.1) is 0 Å². The topological polar surface area (TPSA) is 98.0 Å². The normalized spacial score (nSPS) is 15.5. The highest BCUT2D eigenvalue weighted by Crippen LogP contribution is 2.27. The van der Waals surface area contributed by atoms with Gasteiger partial charge >= 0.3 is 11.8 Å². The molecule has 1 fully saturated rings. The van der Waals surface area contributed by atoms with Crippen LogP contribution in [0.1, 0.15) is 57.7 Å². The van der Waals surface area contributed by atoms with E-state index in [1.54, 1.807) is 9.47 Å². The van der Waals surface area contributed by atoms with E-state index >= 15 is 0 Å². The first kappa shape index (κ1) is 33.9. The van der Waals surface area contributed by atoms with Gasteiger partial charge in [0, 0.05) is 38.3 Å². The van der Waals surface area contributed by atoms with Gasteiger partial charge in [-0.15, -0.1) is 0 Å². The van der Waals surface area contributed by atoms with Crippen LogP contribution in [-0.4, -0.2) is 69.0 Å². The van der Waals surface area contributed by atoms with Crippen molar-refractivity contribution >= 4 is 23.5 Å². The van der Waals surface area contributed by atoms with E-state index in [4.69, 9.17) is 9.47 Å². The Morgan fingerprint density at radius 2 is 1.47 bits per heavy atom. The van der Waals surface area contributed by atoms with E-state index < -0.39 is 11.8 Å². The summed E-state index contributed by atoms with van der Waals surface area (Å²) in [5.41, 5.74) is 3.34. The van der Waals surface area contributed by atoms with E-state index in [0.29, 0.717) is 32.3 Å². The Kier molecular flexibility index (Phi) is 11.2. The molecule has 5 rings (SSSR count). The van der Waals surface area contributed by atoms with Crippen LogP contribution in [0.25, 0.3) is 11.0 Å². The fraction of sp³-hybridized carbons (Fsp3) is 0.432. The standard InChI is InChI=1S/C37H47N5O5/c1-28(40(23-29-13-7-5-8-14-29)24-30-15-9-6-10-16-30)26-46-36(45)39-21-19-31(20-22-39)42-33-18-12-11-17-32(33)41(35(42)44)25-34(38-27-43)47-37(2,3)4/h5-18,27-28,31,34H,19-26H2,1-4H3,(H,38,43). The minimum atomic E-state index is -0.667. The SMILES string of the molecule is CC(COC(=O)N1CCC(n2c(=O)n(CC(NC=O)OC(C)(C)C)c3ccccc32)CC1)N(Cc1ccccc1)Cc1ccccc1. The molecule has 1 aliphatic heterocycles. The molecule has 0 bridgehead atoms. The quantitative estimate of drug-likeness (QED) is 0.152. The largest absolute Gasteiger partial charge is 0.448 e. The van der Waals surface area contributed by atoms with Gasteiger partial charge in [-0.3, -0.25) is 18.8 Å². The maximum absolute atomic E-state index is 13.9. The number of hydrogen-bond acceptors (Lipinski definition) is 6.